The van der Waals surface area contributed by atoms with E-state index in [2.05, 4.69) is 29.1 Å². The molecule has 0 saturated carbocycles. The van der Waals surface area contributed by atoms with Crippen molar-refractivity contribution in [2.24, 2.45) is 11.8 Å². The van der Waals surface area contributed by atoms with E-state index in [4.69, 9.17) is 18.9 Å². The number of methoxy groups -OCH3 is 2. The average molecular weight is 798 g/mol. The van der Waals surface area contributed by atoms with Crippen molar-refractivity contribution in [1.29, 1.82) is 0 Å². The fourth-order valence-electron chi connectivity index (χ4n) is 8.67. The summed E-state index contributed by atoms with van der Waals surface area (Å²) in [7, 11) is 2.33. The standard InChI is InChI=1S/C46H43N3O10/c1-4-24-47-41(51)36-38-44(54)59-39(30-15-9-6-10-16-30)37(29-13-7-5-8-14-29)49(38)40(31-19-21-32(22-20-31)58-26-25-50)46(36)34-27-28(18-23-35(34)48-45(46)55)12-11-17-33(42(52)56-2)43(53)57-3/h4-10,13-16,18-23,27,33,36-40,50H,1,17,24-26H2,2-3H3,(H,47,51)(H,48,55)/t36-,37-,38-,39+,40+,46-/m0/s1. The van der Waals surface area contributed by atoms with Gasteiger partial charge >= 0.3 is 17.9 Å². The van der Waals surface area contributed by atoms with E-state index in [9.17, 15) is 24.3 Å². The van der Waals surface area contributed by atoms with Gasteiger partial charge in [0.2, 0.25) is 11.8 Å². The highest BCUT2D eigenvalue weighted by Crippen LogP contribution is 2.64. The van der Waals surface area contributed by atoms with E-state index in [1.54, 1.807) is 42.5 Å². The second kappa shape index (κ2) is 17.4. The zero-order valence-electron chi connectivity index (χ0n) is 32.5. The number of aliphatic hydroxyl groups excluding tert-OH is 1. The first-order valence-electron chi connectivity index (χ1n) is 19.1. The molecule has 2 amide bonds. The summed E-state index contributed by atoms with van der Waals surface area (Å²) in [6.07, 6.45) is 0.464. The van der Waals surface area contributed by atoms with E-state index in [0.717, 1.165) is 11.1 Å². The second-order valence-corrected chi connectivity index (χ2v) is 14.3. The lowest BCUT2D eigenvalue weighted by Crippen LogP contribution is -2.54. The van der Waals surface area contributed by atoms with Gasteiger partial charge in [0.05, 0.1) is 38.8 Å². The Hall–Kier alpha value is -6.75. The highest BCUT2D eigenvalue weighted by Gasteiger charge is 2.74. The van der Waals surface area contributed by atoms with Crippen LogP contribution in [0.2, 0.25) is 0 Å². The normalized spacial score (nSPS) is 22.9. The number of carbonyl (C=O) groups excluding carboxylic acids is 5. The van der Waals surface area contributed by atoms with Gasteiger partial charge in [-0.2, -0.15) is 0 Å². The number of ether oxygens (including phenoxy) is 4. The first-order valence-corrected chi connectivity index (χ1v) is 19.1. The summed E-state index contributed by atoms with van der Waals surface area (Å²) in [4.78, 5) is 71.6. The minimum Gasteiger partial charge on any atom is -0.491 e. The molecule has 13 heteroatoms. The van der Waals surface area contributed by atoms with Gasteiger partial charge in [-0.3, -0.25) is 28.9 Å². The van der Waals surface area contributed by atoms with Crippen molar-refractivity contribution in [2.45, 2.75) is 36.1 Å². The molecule has 0 aromatic heterocycles. The van der Waals surface area contributed by atoms with Crippen molar-refractivity contribution in [1.82, 2.24) is 10.2 Å². The summed E-state index contributed by atoms with van der Waals surface area (Å²) >= 11 is 0. The molecule has 2 saturated heterocycles. The van der Waals surface area contributed by atoms with Crippen molar-refractivity contribution in [2.75, 3.05) is 39.3 Å². The molecule has 3 aliphatic heterocycles. The van der Waals surface area contributed by atoms with Gasteiger partial charge in [-0.15, -0.1) is 6.58 Å². The molecule has 3 N–H and O–H groups in total. The molecule has 1 spiro atoms. The zero-order chi connectivity index (χ0) is 41.7. The number of hydrogen-bond acceptors (Lipinski definition) is 11. The monoisotopic (exact) mass is 797 g/mol. The number of carbonyl (C=O) groups is 5. The van der Waals surface area contributed by atoms with E-state index in [1.807, 2.05) is 65.6 Å². The Morgan fingerprint density at radius 1 is 0.915 bits per heavy atom. The van der Waals surface area contributed by atoms with Crippen LogP contribution in [-0.2, 0) is 43.6 Å². The summed E-state index contributed by atoms with van der Waals surface area (Å²) in [5, 5.41) is 15.4. The van der Waals surface area contributed by atoms with Crippen LogP contribution >= 0.6 is 0 Å². The van der Waals surface area contributed by atoms with Gasteiger partial charge in [-0.05, 0) is 52.6 Å². The Labute approximate surface area is 341 Å². The van der Waals surface area contributed by atoms with Crippen LogP contribution in [0, 0.1) is 23.7 Å². The lowest BCUT2D eigenvalue weighted by molar-refractivity contribution is -0.178. The van der Waals surface area contributed by atoms with Gasteiger partial charge in [-0.25, -0.2) is 0 Å². The van der Waals surface area contributed by atoms with E-state index in [-0.39, 0.29) is 26.2 Å². The predicted octanol–water partition coefficient (Wildman–Crippen LogP) is 4.33. The number of morpholine rings is 1. The van der Waals surface area contributed by atoms with E-state index < -0.39 is 71.2 Å². The summed E-state index contributed by atoms with van der Waals surface area (Å²) < 4.78 is 21.7. The van der Waals surface area contributed by atoms with Gasteiger partial charge in [0.1, 0.15) is 29.9 Å². The zero-order valence-corrected chi connectivity index (χ0v) is 32.5. The van der Waals surface area contributed by atoms with E-state index in [0.29, 0.717) is 28.1 Å². The van der Waals surface area contributed by atoms with Gasteiger partial charge in [0.15, 0.2) is 5.92 Å². The number of benzene rings is 4. The summed E-state index contributed by atoms with van der Waals surface area (Å²) in [6.45, 7) is 3.70. The highest BCUT2D eigenvalue weighted by atomic mass is 16.6. The van der Waals surface area contributed by atoms with Crippen molar-refractivity contribution >= 4 is 35.4 Å². The lowest BCUT2D eigenvalue weighted by atomic mass is 9.65. The maximum atomic E-state index is 15.2. The van der Waals surface area contributed by atoms with Crippen molar-refractivity contribution in [3.63, 3.8) is 0 Å². The maximum absolute atomic E-state index is 15.2. The van der Waals surface area contributed by atoms with Crippen LogP contribution in [-0.4, -0.2) is 79.7 Å². The number of aliphatic hydroxyl groups is 1. The van der Waals surface area contributed by atoms with Crippen LogP contribution in [0.3, 0.4) is 0 Å². The molecule has 3 heterocycles. The molecule has 0 radical (unpaired) electrons. The molecule has 4 aromatic rings. The van der Waals surface area contributed by atoms with Crippen molar-refractivity contribution < 1.29 is 48.0 Å². The molecule has 59 heavy (non-hydrogen) atoms. The quantitative estimate of drug-likeness (QED) is 0.0613. The number of cyclic esters (lactones) is 1. The third kappa shape index (κ3) is 7.33. The summed E-state index contributed by atoms with van der Waals surface area (Å²) in [5.74, 6) is 0.402. The lowest BCUT2D eigenvalue weighted by Gasteiger charge is -2.46. The number of nitrogens with zero attached hydrogens (tertiary/aromatic N) is 1. The minimum atomic E-state index is -1.77. The maximum Gasteiger partial charge on any atom is 0.324 e. The number of nitrogens with one attached hydrogen (secondary N) is 2. The molecule has 0 unspecified atom stereocenters. The summed E-state index contributed by atoms with van der Waals surface area (Å²) in [6, 6.07) is 28.1. The van der Waals surface area contributed by atoms with Crippen LogP contribution in [0.15, 0.2) is 116 Å². The molecular weight excluding hydrogens is 755 g/mol. The SMILES string of the molecule is C=CCNC(=O)[C@@H]1[C@H]2C(=O)O[C@H](c3ccccc3)[C@H](c3ccccc3)N2[C@H](c2ccc(OCCO)cc2)[C@@]12C(=O)Nc1ccc(C#CCC(C(=O)OC)C(=O)OC)cc12. The Bertz CT molecular complexity index is 2290. The first-order chi connectivity index (χ1) is 28.7. The molecule has 6 atom stereocenters. The molecule has 4 aromatic carbocycles. The van der Waals surface area contributed by atoms with Gasteiger partial charge in [-0.1, -0.05) is 90.7 Å². The molecule has 0 aliphatic carbocycles. The van der Waals surface area contributed by atoms with Crippen LogP contribution in [0.25, 0.3) is 0 Å². The van der Waals surface area contributed by atoms with Crippen LogP contribution in [0.5, 0.6) is 5.75 Å². The second-order valence-electron chi connectivity index (χ2n) is 14.3. The Morgan fingerprint density at radius 3 is 2.20 bits per heavy atom. The molecule has 0 bridgehead atoms. The van der Waals surface area contributed by atoms with Gasteiger partial charge in [0, 0.05) is 24.2 Å². The summed E-state index contributed by atoms with van der Waals surface area (Å²) in [5.41, 5.74) is 1.60. The third-order valence-corrected chi connectivity index (χ3v) is 11.1. The largest absolute Gasteiger partial charge is 0.491 e. The number of fused-ring (bicyclic) bond motifs is 3. The fourth-order valence-corrected chi connectivity index (χ4v) is 8.67. The van der Waals surface area contributed by atoms with Crippen molar-refractivity contribution in [3.8, 4) is 17.6 Å². The molecule has 302 valence electrons. The fraction of sp³-hybridized carbons (Fsp3) is 0.283. The molecule has 13 nitrogen and oxygen atoms in total. The number of rotatable bonds is 12. The number of hydrogen-bond donors (Lipinski definition) is 3. The minimum absolute atomic E-state index is 0.0606. The first kappa shape index (κ1) is 40.4. The molecule has 2 fully saturated rings. The Morgan fingerprint density at radius 2 is 1.58 bits per heavy atom. The predicted molar refractivity (Wildman–Crippen MR) is 214 cm³/mol. The third-order valence-electron chi connectivity index (χ3n) is 11.1. The molecule has 7 rings (SSSR count). The topological polar surface area (TPSA) is 170 Å². The van der Waals surface area contributed by atoms with Gasteiger partial charge in [0.25, 0.3) is 0 Å². The number of amides is 2. The molecule has 3 aliphatic rings. The van der Waals surface area contributed by atoms with E-state index in [1.165, 1.54) is 20.3 Å². The average Bonchev–Trinajstić information content (AvgIpc) is 3.75. The smallest absolute Gasteiger partial charge is 0.324 e. The van der Waals surface area contributed by atoms with Crippen LogP contribution < -0.4 is 15.4 Å². The van der Waals surface area contributed by atoms with Crippen molar-refractivity contribution in [3.05, 3.63) is 144 Å². The van der Waals surface area contributed by atoms with E-state index >= 15 is 4.79 Å². The van der Waals surface area contributed by atoms with Gasteiger partial charge < -0.3 is 34.7 Å². The molecular formula is C46H43N3O10. The van der Waals surface area contributed by atoms with Crippen LogP contribution in [0.1, 0.15) is 52.4 Å². The van der Waals surface area contributed by atoms with Crippen LogP contribution in [0.4, 0.5) is 5.69 Å². The Balaban J connectivity index is 1.48. The highest BCUT2D eigenvalue weighted by molar-refractivity contribution is 6.12. The number of esters is 3. The Kier molecular flexibility index (Phi) is 11.9. The number of anilines is 1.